The standard InChI is InChI=1S/C19H18F3NO5S/c1-18(2)10-13-4-3-5-15(16(13)27-18)28-29(25,26)14-8-6-12(7-9-14)17(24)23-11-19(20,21)22/h3-9H,10-11H2,1-2H3,(H,23,24). The second kappa shape index (κ2) is 7.25. The van der Waals surface area contributed by atoms with Gasteiger partial charge in [0.2, 0.25) is 0 Å². The highest BCUT2D eigenvalue weighted by molar-refractivity contribution is 7.87. The zero-order valence-electron chi connectivity index (χ0n) is 15.5. The molecule has 0 unspecified atom stereocenters. The monoisotopic (exact) mass is 429 g/mol. The van der Waals surface area contributed by atoms with E-state index < -0.39 is 34.3 Å². The first kappa shape index (κ1) is 21.0. The number of fused-ring (bicyclic) bond motifs is 1. The lowest BCUT2D eigenvalue weighted by atomic mass is 10.0. The molecule has 0 saturated heterocycles. The van der Waals surface area contributed by atoms with Crippen molar-refractivity contribution in [1.82, 2.24) is 5.32 Å². The minimum atomic E-state index is -4.54. The first-order chi connectivity index (χ1) is 13.4. The molecule has 0 saturated carbocycles. The number of ether oxygens (including phenoxy) is 1. The summed E-state index contributed by atoms with van der Waals surface area (Å²) in [5.74, 6) is -0.576. The SMILES string of the molecule is CC1(C)Cc2cccc(OS(=O)(=O)c3ccc(C(=O)NCC(F)(F)F)cc3)c2O1. The van der Waals surface area contributed by atoms with Crippen LogP contribution >= 0.6 is 0 Å². The van der Waals surface area contributed by atoms with Gasteiger partial charge in [0.1, 0.15) is 17.0 Å². The van der Waals surface area contributed by atoms with Gasteiger partial charge >= 0.3 is 16.3 Å². The van der Waals surface area contributed by atoms with E-state index in [4.69, 9.17) is 8.92 Å². The van der Waals surface area contributed by atoms with Gasteiger partial charge in [-0.05, 0) is 44.2 Å². The van der Waals surface area contributed by atoms with Gasteiger partial charge in [-0.3, -0.25) is 4.79 Å². The highest BCUT2D eigenvalue weighted by atomic mass is 32.2. The van der Waals surface area contributed by atoms with Crippen molar-refractivity contribution in [1.29, 1.82) is 0 Å². The van der Waals surface area contributed by atoms with Crippen LogP contribution in [0.4, 0.5) is 13.2 Å². The van der Waals surface area contributed by atoms with Crippen LogP contribution in [0, 0.1) is 0 Å². The summed E-state index contributed by atoms with van der Waals surface area (Å²) in [6.45, 7) is 2.26. The van der Waals surface area contributed by atoms with Crippen LogP contribution in [0.2, 0.25) is 0 Å². The molecule has 2 aromatic carbocycles. The van der Waals surface area contributed by atoms with E-state index in [1.807, 2.05) is 19.9 Å². The molecule has 0 radical (unpaired) electrons. The Morgan fingerprint density at radius 1 is 1.17 bits per heavy atom. The summed E-state index contributed by atoms with van der Waals surface area (Å²) in [5, 5.41) is 1.71. The topological polar surface area (TPSA) is 81.7 Å². The molecule has 0 aliphatic carbocycles. The Balaban J connectivity index is 1.76. The number of rotatable bonds is 5. The lowest BCUT2D eigenvalue weighted by Gasteiger charge is -2.18. The third kappa shape index (κ3) is 5.00. The van der Waals surface area contributed by atoms with Crippen molar-refractivity contribution < 1.29 is 35.3 Å². The molecule has 3 rings (SSSR count). The molecule has 1 heterocycles. The Bertz CT molecular complexity index is 1030. The van der Waals surface area contributed by atoms with Crippen LogP contribution in [0.1, 0.15) is 29.8 Å². The molecule has 0 fully saturated rings. The van der Waals surface area contributed by atoms with Gasteiger partial charge in [-0.15, -0.1) is 0 Å². The number of amides is 1. The molecular weight excluding hydrogens is 411 g/mol. The smallest absolute Gasteiger partial charge is 0.405 e. The van der Waals surface area contributed by atoms with Gasteiger partial charge in [0.25, 0.3) is 5.91 Å². The molecule has 1 amide bonds. The molecule has 6 nitrogen and oxygen atoms in total. The molecule has 0 aromatic heterocycles. The highest BCUT2D eigenvalue weighted by Crippen LogP contribution is 2.42. The zero-order valence-corrected chi connectivity index (χ0v) is 16.4. The summed E-state index contributed by atoms with van der Waals surface area (Å²) in [4.78, 5) is 11.5. The summed E-state index contributed by atoms with van der Waals surface area (Å²) in [7, 11) is -4.24. The molecule has 2 aromatic rings. The first-order valence-corrected chi connectivity index (χ1v) is 9.98. The quantitative estimate of drug-likeness (QED) is 0.737. The van der Waals surface area contributed by atoms with Crippen LogP contribution in [0.5, 0.6) is 11.5 Å². The van der Waals surface area contributed by atoms with E-state index >= 15 is 0 Å². The number of nitrogens with one attached hydrogen (secondary N) is 1. The molecule has 1 N–H and O–H groups in total. The summed E-state index contributed by atoms with van der Waals surface area (Å²) < 4.78 is 72.7. The van der Waals surface area contributed by atoms with Crippen molar-refractivity contribution in [3.63, 3.8) is 0 Å². The third-order valence-corrected chi connectivity index (χ3v) is 5.36. The fraction of sp³-hybridized carbons (Fsp3) is 0.316. The fourth-order valence-electron chi connectivity index (χ4n) is 2.87. The fourth-order valence-corrected chi connectivity index (χ4v) is 3.81. The molecule has 10 heteroatoms. The van der Waals surface area contributed by atoms with E-state index in [9.17, 15) is 26.4 Å². The summed E-state index contributed by atoms with van der Waals surface area (Å²) in [6, 6.07) is 9.34. The largest absolute Gasteiger partial charge is 0.483 e. The highest BCUT2D eigenvalue weighted by Gasteiger charge is 2.33. The van der Waals surface area contributed by atoms with Crippen LogP contribution in [-0.4, -0.2) is 32.6 Å². The van der Waals surface area contributed by atoms with E-state index in [1.165, 1.54) is 6.07 Å². The van der Waals surface area contributed by atoms with Crippen molar-refractivity contribution in [2.75, 3.05) is 6.54 Å². The maximum absolute atomic E-state index is 12.6. The van der Waals surface area contributed by atoms with Gasteiger partial charge in [0, 0.05) is 17.5 Å². The van der Waals surface area contributed by atoms with E-state index in [0.717, 1.165) is 29.8 Å². The number of carbonyl (C=O) groups is 1. The number of para-hydroxylation sites is 1. The molecular formula is C19H18F3NO5S. The van der Waals surface area contributed by atoms with Crippen molar-refractivity contribution in [2.45, 2.75) is 36.9 Å². The number of benzene rings is 2. The first-order valence-electron chi connectivity index (χ1n) is 8.57. The Kier molecular flexibility index (Phi) is 5.24. The summed E-state index contributed by atoms with van der Waals surface area (Å²) in [6.07, 6.45) is -3.94. The Hall–Kier alpha value is -2.75. The Labute approximate surface area is 165 Å². The number of halogens is 3. The Morgan fingerprint density at radius 3 is 2.45 bits per heavy atom. The van der Waals surface area contributed by atoms with E-state index in [0.29, 0.717) is 12.2 Å². The van der Waals surface area contributed by atoms with E-state index in [2.05, 4.69) is 0 Å². The van der Waals surface area contributed by atoms with Crippen LogP contribution < -0.4 is 14.2 Å². The number of hydrogen-bond donors (Lipinski definition) is 1. The number of carbonyl (C=O) groups excluding carboxylic acids is 1. The number of hydrogen-bond acceptors (Lipinski definition) is 5. The Morgan fingerprint density at radius 2 is 1.83 bits per heavy atom. The molecule has 0 atom stereocenters. The minimum absolute atomic E-state index is 0.0417. The van der Waals surface area contributed by atoms with Crippen molar-refractivity contribution in [3.05, 3.63) is 53.6 Å². The van der Waals surface area contributed by atoms with Crippen LogP contribution in [0.25, 0.3) is 0 Å². The predicted molar refractivity (Wildman–Crippen MR) is 97.5 cm³/mol. The lowest BCUT2D eigenvalue weighted by molar-refractivity contribution is -0.123. The average molecular weight is 429 g/mol. The molecule has 0 bridgehead atoms. The average Bonchev–Trinajstić information content (AvgIpc) is 2.94. The number of alkyl halides is 3. The van der Waals surface area contributed by atoms with Crippen molar-refractivity contribution in [3.8, 4) is 11.5 Å². The molecule has 29 heavy (non-hydrogen) atoms. The zero-order chi connectivity index (χ0) is 21.4. The van der Waals surface area contributed by atoms with E-state index in [-0.39, 0.29) is 16.2 Å². The molecule has 1 aliphatic heterocycles. The molecule has 0 spiro atoms. The second-order valence-corrected chi connectivity index (χ2v) is 8.69. The van der Waals surface area contributed by atoms with E-state index in [1.54, 1.807) is 11.4 Å². The van der Waals surface area contributed by atoms with Crippen molar-refractivity contribution >= 4 is 16.0 Å². The normalized spacial score (nSPS) is 15.3. The molecule has 156 valence electrons. The second-order valence-electron chi connectivity index (χ2n) is 7.14. The van der Waals surface area contributed by atoms with Crippen LogP contribution in [-0.2, 0) is 16.5 Å². The molecule has 1 aliphatic rings. The van der Waals surface area contributed by atoms with Crippen LogP contribution in [0.3, 0.4) is 0 Å². The van der Waals surface area contributed by atoms with Gasteiger partial charge < -0.3 is 14.2 Å². The maximum Gasteiger partial charge on any atom is 0.405 e. The summed E-state index contributed by atoms with van der Waals surface area (Å²) in [5.41, 5.74) is 0.218. The van der Waals surface area contributed by atoms with Gasteiger partial charge in [-0.2, -0.15) is 21.6 Å². The maximum atomic E-state index is 12.6. The minimum Gasteiger partial charge on any atom is -0.483 e. The lowest BCUT2D eigenvalue weighted by Crippen LogP contribution is -2.33. The van der Waals surface area contributed by atoms with Gasteiger partial charge in [0.05, 0.1) is 0 Å². The van der Waals surface area contributed by atoms with Gasteiger partial charge in [-0.25, -0.2) is 0 Å². The third-order valence-electron chi connectivity index (χ3n) is 4.11. The van der Waals surface area contributed by atoms with Gasteiger partial charge in [-0.1, -0.05) is 12.1 Å². The predicted octanol–water partition coefficient (Wildman–Crippen LogP) is 3.46. The van der Waals surface area contributed by atoms with Crippen molar-refractivity contribution in [2.24, 2.45) is 0 Å². The van der Waals surface area contributed by atoms with Crippen LogP contribution in [0.15, 0.2) is 47.4 Å². The van der Waals surface area contributed by atoms with Gasteiger partial charge in [0.15, 0.2) is 11.5 Å². The summed E-state index contributed by atoms with van der Waals surface area (Å²) >= 11 is 0.